The number of hydrogen-bond acceptors (Lipinski definition) is 3. The highest BCUT2D eigenvalue weighted by atomic mass is 32.1. The standard InChI is InChI=1S/C11H18N4OS/c1-11(2,9(12)17)10(16)13-6-4-8-5-7-14-15(8)3/h5,7H,4,6H2,1-3H3,(H2,12,17)(H,13,16). The van der Waals surface area contributed by atoms with Crippen LogP contribution in [0.3, 0.4) is 0 Å². The average Bonchev–Trinajstić information content (AvgIpc) is 2.64. The maximum atomic E-state index is 11.8. The highest BCUT2D eigenvalue weighted by Crippen LogP contribution is 2.15. The Balaban J connectivity index is 2.45. The third kappa shape index (κ3) is 3.26. The number of carbonyl (C=O) groups excluding carboxylic acids is 1. The maximum Gasteiger partial charge on any atom is 0.232 e. The number of nitrogens with two attached hydrogens (primary N) is 1. The van der Waals surface area contributed by atoms with Crippen LogP contribution in [0.5, 0.6) is 0 Å². The van der Waals surface area contributed by atoms with E-state index >= 15 is 0 Å². The summed E-state index contributed by atoms with van der Waals surface area (Å²) in [7, 11) is 1.87. The van der Waals surface area contributed by atoms with Gasteiger partial charge in [-0.2, -0.15) is 5.10 Å². The molecule has 1 rings (SSSR count). The van der Waals surface area contributed by atoms with Gasteiger partial charge in [0, 0.05) is 31.9 Å². The van der Waals surface area contributed by atoms with E-state index in [4.69, 9.17) is 18.0 Å². The maximum absolute atomic E-state index is 11.8. The van der Waals surface area contributed by atoms with E-state index in [0.717, 1.165) is 12.1 Å². The molecule has 6 heteroatoms. The van der Waals surface area contributed by atoms with Crippen molar-refractivity contribution in [1.82, 2.24) is 15.1 Å². The number of aryl methyl sites for hydroxylation is 1. The van der Waals surface area contributed by atoms with Gasteiger partial charge in [0.2, 0.25) is 5.91 Å². The molecule has 0 atom stereocenters. The Morgan fingerprint density at radius 2 is 2.29 bits per heavy atom. The van der Waals surface area contributed by atoms with Gasteiger partial charge in [-0.25, -0.2) is 0 Å². The molecule has 0 bridgehead atoms. The van der Waals surface area contributed by atoms with Crippen molar-refractivity contribution in [1.29, 1.82) is 0 Å². The molecule has 1 aromatic heterocycles. The summed E-state index contributed by atoms with van der Waals surface area (Å²) < 4.78 is 1.78. The molecule has 0 saturated carbocycles. The average molecular weight is 254 g/mol. The topological polar surface area (TPSA) is 72.9 Å². The molecule has 1 aromatic rings. The number of rotatable bonds is 5. The molecule has 0 aliphatic heterocycles. The highest BCUT2D eigenvalue weighted by molar-refractivity contribution is 7.80. The predicted octanol–water partition coefficient (Wildman–Crippen LogP) is 0.391. The van der Waals surface area contributed by atoms with Crippen LogP contribution >= 0.6 is 12.2 Å². The van der Waals surface area contributed by atoms with Crippen LogP contribution in [0, 0.1) is 5.41 Å². The molecule has 0 aliphatic rings. The van der Waals surface area contributed by atoms with E-state index in [1.165, 1.54) is 0 Å². The molecule has 0 aliphatic carbocycles. The van der Waals surface area contributed by atoms with Crippen molar-refractivity contribution < 1.29 is 4.79 Å². The van der Waals surface area contributed by atoms with Crippen molar-refractivity contribution in [3.8, 4) is 0 Å². The van der Waals surface area contributed by atoms with Crippen LogP contribution in [-0.2, 0) is 18.3 Å². The molecule has 0 aromatic carbocycles. The molecule has 0 fully saturated rings. The van der Waals surface area contributed by atoms with Crippen LogP contribution < -0.4 is 11.1 Å². The molecule has 1 amide bonds. The molecule has 5 nitrogen and oxygen atoms in total. The van der Waals surface area contributed by atoms with Gasteiger partial charge in [0.25, 0.3) is 0 Å². The molecule has 0 radical (unpaired) electrons. The van der Waals surface area contributed by atoms with E-state index in [9.17, 15) is 4.79 Å². The molecule has 1 heterocycles. The van der Waals surface area contributed by atoms with Gasteiger partial charge in [0.05, 0.1) is 10.4 Å². The Bertz CT molecular complexity index is 425. The Kier molecular flexibility index (Phi) is 4.22. The fraction of sp³-hybridized carbons (Fsp3) is 0.545. The first-order chi connectivity index (χ1) is 7.85. The lowest BCUT2D eigenvalue weighted by Crippen LogP contribution is -2.45. The van der Waals surface area contributed by atoms with Gasteiger partial charge < -0.3 is 11.1 Å². The van der Waals surface area contributed by atoms with Gasteiger partial charge in [-0.05, 0) is 19.9 Å². The number of nitrogens with zero attached hydrogens (tertiary/aromatic N) is 2. The summed E-state index contributed by atoms with van der Waals surface area (Å²) in [6, 6.07) is 1.92. The molecule has 0 saturated heterocycles. The lowest BCUT2D eigenvalue weighted by atomic mass is 9.92. The summed E-state index contributed by atoms with van der Waals surface area (Å²) in [5.41, 5.74) is 5.78. The second-order valence-corrected chi connectivity index (χ2v) is 4.88. The van der Waals surface area contributed by atoms with Crippen molar-refractivity contribution >= 4 is 23.1 Å². The quantitative estimate of drug-likeness (QED) is 0.746. The van der Waals surface area contributed by atoms with Crippen molar-refractivity contribution in [3.63, 3.8) is 0 Å². The summed E-state index contributed by atoms with van der Waals surface area (Å²) in [5, 5.41) is 6.88. The highest BCUT2D eigenvalue weighted by Gasteiger charge is 2.30. The number of aromatic nitrogens is 2. The number of hydrogen-bond donors (Lipinski definition) is 2. The third-order valence-electron chi connectivity index (χ3n) is 2.77. The fourth-order valence-electron chi connectivity index (χ4n) is 1.28. The summed E-state index contributed by atoms with van der Waals surface area (Å²) in [6.07, 6.45) is 2.46. The van der Waals surface area contributed by atoms with E-state index < -0.39 is 5.41 Å². The lowest BCUT2D eigenvalue weighted by molar-refractivity contribution is -0.126. The van der Waals surface area contributed by atoms with Crippen LogP contribution in [0.15, 0.2) is 12.3 Å². The van der Waals surface area contributed by atoms with Gasteiger partial charge in [-0.1, -0.05) is 12.2 Å². The van der Waals surface area contributed by atoms with E-state index in [-0.39, 0.29) is 10.9 Å². The second kappa shape index (κ2) is 5.27. The van der Waals surface area contributed by atoms with Crippen molar-refractivity contribution in [3.05, 3.63) is 18.0 Å². The fourth-order valence-corrected chi connectivity index (χ4v) is 1.38. The number of carbonyl (C=O) groups is 1. The molecule has 0 spiro atoms. The van der Waals surface area contributed by atoms with Crippen molar-refractivity contribution in [2.45, 2.75) is 20.3 Å². The number of amides is 1. The summed E-state index contributed by atoms with van der Waals surface area (Å²) in [5.74, 6) is -0.146. The largest absolute Gasteiger partial charge is 0.392 e. The van der Waals surface area contributed by atoms with Gasteiger partial charge >= 0.3 is 0 Å². The van der Waals surface area contributed by atoms with E-state index in [2.05, 4.69) is 10.4 Å². The summed E-state index contributed by atoms with van der Waals surface area (Å²) in [6.45, 7) is 3.98. The van der Waals surface area contributed by atoms with Crippen molar-refractivity contribution in [2.24, 2.45) is 18.2 Å². The van der Waals surface area contributed by atoms with Crippen LogP contribution in [0.25, 0.3) is 0 Å². The zero-order chi connectivity index (χ0) is 13.1. The van der Waals surface area contributed by atoms with Gasteiger partial charge in [0.15, 0.2) is 0 Å². The zero-order valence-electron chi connectivity index (χ0n) is 10.4. The van der Waals surface area contributed by atoms with Gasteiger partial charge in [0.1, 0.15) is 0 Å². The van der Waals surface area contributed by atoms with Crippen LogP contribution in [-0.4, -0.2) is 27.2 Å². The predicted molar refractivity (Wildman–Crippen MR) is 70.5 cm³/mol. The third-order valence-corrected chi connectivity index (χ3v) is 3.28. The first-order valence-electron chi connectivity index (χ1n) is 5.41. The van der Waals surface area contributed by atoms with Gasteiger partial charge in [-0.15, -0.1) is 0 Å². The van der Waals surface area contributed by atoms with E-state index in [1.807, 2.05) is 13.1 Å². The van der Waals surface area contributed by atoms with Crippen LogP contribution in [0.2, 0.25) is 0 Å². The molecule has 0 unspecified atom stereocenters. The first-order valence-corrected chi connectivity index (χ1v) is 5.81. The Hall–Kier alpha value is -1.43. The number of nitrogens with one attached hydrogen (secondary N) is 1. The van der Waals surface area contributed by atoms with E-state index in [1.54, 1.807) is 24.7 Å². The second-order valence-electron chi connectivity index (χ2n) is 4.44. The molecular weight excluding hydrogens is 236 g/mol. The molecule has 94 valence electrons. The first kappa shape index (κ1) is 13.6. The minimum absolute atomic E-state index is 0.146. The molecule has 3 N–H and O–H groups in total. The number of thiocarbonyl (C=S) groups is 1. The lowest BCUT2D eigenvalue weighted by Gasteiger charge is -2.21. The minimum Gasteiger partial charge on any atom is -0.392 e. The van der Waals surface area contributed by atoms with E-state index in [0.29, 0.717) is 6.54 Å². The van der Waals surface area contributed by atoms with Crippen LogP contribution in [0.4, 0.5) is 0 Å². The monoisotopic (exact) mass is 254 g/mol. The molecule has 17 heavy (non-hydrogen) atoms. The normalized spacial score (nSPS) is 11.2. The SMILES string of the molecule is Cn1nccc1CCNC(=O)C(C)(C)C(N)=S. The Morgan fingerprint density at radius 3 is 2.76 bits per heavy atom. The smallest absolute Gasteiger partial charge is 0.232 e. The van der Waals surface area contributed by atoms with Crippen LogP contribution in [0.1, 0.15) is 19.5 Å². The Morgan fingerprint density at radius 1 is 1.65 bits per heavy atom. The van der Waals surface area contributed by atoms with Crippen molar-refractivity contribution in [2.75, 3.05) is 6.54 Å². The van der Waals surface area contributed by atoms with Gasteiger partial charge in [-0.3, -0.25) is 9.48 Å². The summed E-state index contributed by atoms with van der Waals surface area (Å²) in [4.78, 5) is 12.0. The molecular formula is C11H18N4OS. The zero-order valence-corrected chi connectivity index (χ0v) is 11.2. The minimum atomic E-state index is -0.804. The summed E-state index contributed by atoms with van der Waals surface area (Å²) >= 11 is 4.86. The Labute approximate surface area is 106 Å².